The Morgan fingerprint density at radius 2 is 2.20 bits per heavy atom. The number of hydrogen-bond donors (Lipinski definition) is 2. The average Bonchev–Trinajstić information content (AvgIpc) is 1.95. The largest absolute Gasteiger partial charge is 0.509 e. The summed E-state index contributed by atoms with van der Waals surface area (Å²) in [6.45, 7) is 3.56. The maximum absolute atomic E-state index is 9.20. The van der Waals surface area contributed by atoms with Crippen LogP contribution in [0.2, 0.25) is 0 Å². The molecule has 0 spiro atoms. The Morgan fingerprint density at radius 1 is 1.50 bits per heavy atom. The van der Waals surface area contributed by atoms with Crippen LogP contribution in [0.5, 0.6) is 0 Å². The van der Waals surface area contributed by atoms with Gasteiger partial charge in [0.25, 0.3) is 0 Å². The summed E-state index contributed by atoms with van der Waals surface area (Å²) in [5.41, 5.74) is 0. The van der Waals surface area contributed by atoms with Crippen molar-refractivity contribution < 1.29 is 10.2 Å². The third-order valence-electron chi connectivity index (χ3n) is 1.86. The molecule has 0 aromatic rings. The lowest BCUT2D eigenvalue weighted by molar-refractivity contribution is 0.251. The lowest BCUT2D eigenvalue weighted by atomic mass is 9.93. The Labute approximate surface area is 60.5 Å². The van der Waals surface area contributed by atoms with Crippen molar-refractivity contribution in [2.45, 2.75) is 19.3 Å². The Kier molecular flexibility index (Phi) is 2.00. The van der Waals surface area contributed by atoms with Gasteiger partial charge in [0, 0.05) is 12.3 Å². The molecule has 0 aromatic carbocycles. The fraction of sp³-hybridized carbons (Fsp3) is 0.500. The van der Waals surface area contributed by atoms with Gasteiger partial charge < -0.3 is 10.2 Å². The third kappa shape index (κ3) is 1.15. The Bertz CT molecular complexity index is 170. The number of aliphatic hydroxyl groups is 2. The van der Waals surface area contributed by atoms with E-state index in [-0.39, 0.29) is 17.4 Å². The van der Waals surface area contributed by atoms with Crippen molar-refractivity contribution in [2.75, 3.05) is 0 Å². The fourth-order valence-electron chi connectivity index (χ4n) is 1.20. The molecule has 0 radical (unpaired) electrons. The van der Waals surface area contributed by atoms with Gasteiger partial charge in [-0.2, -0.15) is 0 Å². The third-order valence-corrected chi connectivity index (χ3v) is 1.86. The van der Waals surface area contributed by atoms with Crippen molar-refractivity contribution in [1.82, 2.24) is 0 Å². The zero-order chi connectivity index (χ0) is 7.56. The molecule has 1 rings (SSSR count). The molecule has 56 valence electrons. The molecule has 1 unspecified atom stereocenters. The fourth-order valence-corrected chi connectivity index (χ4v) is 1.20. The van der Waals surface area contributed by atoms with Crippen LogP contribution in [0.25, 0.3) is 0 Å². The van der Waals surface area contributed by atoms with Gasteiger partial charge >= 0.3 is 0 Å². The minimum atomic E-state index is -0.0197. The van der Waals surface area contributed by atoms with Gasteiger partial charge in [-0.1, -0.05) is 6.08 Å². The van der Waals surface area contributed by atoms with Gasteiger partial charge in [-0.15, -0.1) is 6.58 Å². The van der Waals surface area contributed by atoms with E-state index in [4.69, 9.17) is 5.11 Å². The van der Waals surface area contributed by atoms with Crippen LogP contribution >= 0.6 is 0 Å². The maximum atomic E-state index is 9.20. The second-order valence-corrected chi connectivity index (χ2v) is 2.57. The molecule has 0 saturated carbocycles. The summed E-state index contributed by atoms with van der Waals surface area (Å²) in [5.74, 6) is 0.228. The van der Waals surface area contributed by atoms with E-state index in [9.17, 15) is 5.11 Å². The van der Waals surface area contributed by atoms with Crippen LogP contribution in [0.3, 0.4) is 0 Å². The van der Waals surface area contributed by atoms with Gasteiger partial charge in [-0.25, -0.2) is 0 Å². The molecule has 1 aliphatic carbocycles. The summed E-state index contributed by atoms with van der Waals surface area (Å²) in [6.07, 6.45) is 4.12. The first-order chi connectivity index (χ1) is 4.75. The molecule has 10 heavy (non-hydrogen) atoms. The summed E-state index contributed by atoms with van der Waals surface area (Å²) in [5, 5.41) is 18.3. The van der Waals surface area contributed by atoms with Crippen molar-refractivity contribution in [3.8, 4) is 0 Å². The maximum Gasteiger partial charge on any atom is 0.136 e. The first-order valence-corrected chi connectivity index (χ1v) is 3.49. The highest BCUT2D eigenvalue weighted by Crippen LogP contribution is 2.27. The highest BCUT2D eigenvalue weighted by Gasteiger charge is 2.18. The molecule has 1 aliphatic rings. The van der Waals surface area contributed by atoms with Crippen LogP contribution in [0.15, 0.2) is 24.2 Å². The molecule has 0 fully saturated rings. The smallest absolute Gasteiger partial charge is 0.136 e. The topological polar surface area (TPSA) is 40.5 Å². The molecule has 0 amide bonds. The molecule has 0 aromatic heterocycles. The minimum Gasteiger partial charge on any atom is -0.509 e. The van der Waals surface area contributed by atoms with Gasteiger partial charge in [-0.05, 0) is 12.8 Å². The van der Waals surface area contributed by atoms with Crippen LogP contribution in [-0.4, -0.2) is 10.2 Å². The monoisotopic (exact) mass is 140 g/mol. The quantitative estimate of drug-likeness (QED) is 0.548. The van der Waals surface area contributed by atoms with Crippen LogP contribution in [0.4, 0.5) is 0 Å². The van der Waals surface area contributed by atoms with Crippen LogP contribution in [-0.2, 0) is 0 Å². The molecular weight excluding hydrogens is 128 g/mol. The van der Waals surface area contributed by atoms with Crippen LogP contribution < -0.4 is 0 Å². The van der Waals surface area contributed by atoms with Gasteiger partial charge in [0.05, 0.1) is 0 Å². The normalized spacial score (nSPS) is 26.6. The summed E-state index contributed by atoms with van der Waals surface area (Å²) in [7, 11) is 0. The van der Waals surface area contributed by atoms with Crippen molar-refractivity contribution in [3.05, 3.63) is 24.2 Å². The Hall–Kier alpha value is -0.920. The van der Waals surface area contributed by atoms with Gasteiger partial charge in [0.1, 0.15) is 11.5 Å². The predicted octanol–water partition coefficient (Wildman–Crippen LogP) is 2.30. The average molecular weight is 140 g/mol. The summed E-state index contributed by atoms with van der Waals surface area (Å²) in [6, 6.07) is 0. The standard InChI is InChI=1S/C8H12O2/c1-2-6-4-3-5-7(9)8(6)10/h2,6,9-10H,1,3-5H2. The molecule has 0 heterocycles. The minimum absolute atomic E-state index is 0.0197. The van der Waals surface area contributed by atoms with E-state index < -0.39 is 0 Å². The summed E-state index contributed by atoms with van der Waals surface area (Å²) < 4.78 is 0. The van der Waals surface area contributed by atoms with Crippen LogP contribution in [0, 0.1) is 5.92 Å². The molecule has 0 aliphatic heterocycles. The Balaban J connectivity index is 2.77. The number of hydrogen-bond acceptors (Lipinski definition) is 2. The zero-order valence-corrected chi connectivity index (χ0v) is 5.88. The number of rotatable bonds is 1. The summed E-state index contributed by atoms with van der Waals surface area (Å²) >= 11 is 0. The van der Waals surface area contributed by atoms with Crippen molar-refractivity contribution in [3.63, 3.8) is 0 Å². The molecule has 0 saturated heterocycles. The van der Waals surface area contributed by atoms with E-state index >= 15 is 0 Å². The van der Waals surface area contributed by atoms with Crippen molar-refractivity contribution in [1.29, 1.82) is 0 Å². The molecule has 0 bridgehead atoms. The van der Waals surface area contributed by atoms with Gasteiger partial charge in [-0.3, -0.25) is 0 Å². The van der Waals surface area contributed by atoms with E-state index in [1.54, 1.807) is 6.08 Å². The molecule has 2 N–H and O–H groups in total. The molecule has 1 atom stereocenters. The molecule has 2 heteroatoms. The first-order valence-electron chi connectivity index (χ1n) is 3.49. The molecular formula is C8H12O2. The first kappa shape index (κ1) is 7.19. The summed E-state index contributed by atoms with van der Waals surface area (Å²) in [4.78, 5) is 0. The van der Waals surface area contributed by atoms with Crippen LogP contribution in [0.1, 0.15) is 19.3 Å². The SMILES string of the molecule is C=CC1CCCC(O)=C1O. The number of aliphatic hydroxyl groups excluding tert-OH is 2. The Morgan fingerprint density at radius 3 is 2.70 bits per heavy atom. The zero-order valence-electron chi connectivity index (χ0n) is 5.88. The van der Waals surface area contributed by atoms with E-state index in [1.807, 2.05) is 0 Å². The predicted molar refractivity (Wildman–Crippen MR) is 39.8 cm³/mol. The van der Waals surface area contributed by atoms with E-state index in [2.05, 4.69) is 6.58 Å². The van der Waals surface area contributed by atoms with Crippen molar-refractivity contribution in [2.24, 2.45) is 5.92 Å². The van der Waals surface area contributed by atoms with E-state index in [0.29, 0.717) is 6.42 Å². The number of allylic oxidation sites excluding steroid dienone is 2. The highest BCUT2D eigenvalue weighted by atomic mass is 16.3. The van der Waals surface area contributed by atoms with Gasteiger partial charge in [0.15, 0.2) is 0 Å². The second-order valence-electron chi connectivity index (χ2n) is 2.57. The van der Waals surface area contributed by atoms with E-state index in [1.165, 1.54) is 0 Å². The second kappa shape index (κ2) is 2.78. The van der Waals surface area contributed by atoms with Gasteiger partial charge in [0.2, 0.25) is 0 Å². The van der Waals surface area contributed by atoms with Crippen molar-refractivity contribution >= 4 is 0 Å². The van der Waals surface area contributed by atoms with E-state index in [0.717, 1.165) is 12.8 Å². The highest BCUT2D eigenvalue weighted by molar-refractivity contribution is 5.11. The molecule has 2 nitrogen and oxygen atoms in total. The lowest BCUT2D eigenvalue weighted by Gasteiger charge is -2.18. The lowest BCUT2D eigenvalue weighted by Crippen LogP contribution is -2.09.